The summed E-state index contributed by atoms with van der Waals surface area (Å²) in [6.07, 6.45) is 0.604. The SMILES string of the molecule is CS(=O)(=O)[O-].C[N+](C)(C)C.C[N+](C)(C)C.[Cl-]. The minimum Gasteiger partial charge on any atom is -1.00 e. The molecule has 0 heterocycles. The molecule has 104 valence electrons. The normalized spacial score (nSPS) is 11.1. The van der Waals surface area contributed by atoms with Gasteiger partial charge in [0.05, 0.1) is 66.5 Å². The predicted molar refractivity (Wildman–Crippen MR) is 63.5 cm³/mol. The summed E-state index contributed by atoms with van der Waals surface area (Å²) >= 11 is 0. The van der Waals surface area contributed by atoms with E-state index in [2.05, 4.69) is 56.4 Å². The van der Waals surface area contributed by atoms with Crippen molar-refractivity contribution in [1.29, 1.82) is 0 Å². The average Bonchev–Trinajstić information content (AvgIpc) is 1.41. The summed E-state index contributed by atoms with van der Waals surface area (Å²) in [6, 6.07) is 0. The van der Waals surface area contributed by atoms with Crippen molar-refractivity contribution in [2.24, 2.45) is 0 Å². The number of quaternary nitrogens is 2. The van der Waals surface area contributed by atoms with Gasteiger partial charge in [0.1, 0.15) is 0 Å². The quantitative estimate of drug-likeness (QED) is 0.347. The van der Waals surface area contributed by atoms with Crippen LogP contribution in [-0.2, 0) is 10.1 Å². The van der Waals surface area contributed by atoms with Crippen molar-refractivity contribution >= 4 is 10.1 Å². The molecular formula is C9H27ClN2O3S. The second-order valence-corrected chi connectivity index (χ2v) is 7.48. The van der Waals surface area contributed by atoms with E-state index in [0.717, 1.165) is 8.97 Å². The van der Waals surface area contributed by atoms with Crippen molar-refractivity contribution in [3.63, 3.8) is 0 Å². The first-order chi connectivity index (χ1) is 6.00. The Kier molecular flexibility index (Phi) is 14.4. The maximum absolute atomic E-state index is 9.08. The number of rotatable bonds is 0. The fraction of sp³-hybridized carbons (Fsp3) is 1.00. The molecule has 5 nitrogen and oxygen atoms in total. The lowest BCUT2D eigenvalue weighted by Gasteiger charge is -2.14. The summed E-state index contributed by atoms with van der Waals surface area (Å²) in [6.45, 7) is 0. The van der Waals surface area contributed by atoms with Gasteiger partial charge >= 0.3 is 0 Å². The molecule has 0 unspecified atom stereocenters. The summed E-state index contributed by atoms with van der Waals surface area (Å²) in [5, 5.41) is 0. The molecule has 0 saturated carbocycles. The predicted octanol–water partition coefficient (Wildman–Crippen LogP) is -3.19. The van der Waals surface area contributed by atoms with E-state index in [9.17, 15) is 0 Å². The molecule has 0 spiro atoms. The summed E-state index contributed by atoms with van der Waals surface area (Å²) < 4.78 is 29.2. The Balaban J connectivity index is -0.0000000655. The minimum atomic E-state index is -3.92. The van der Waals surface area contributed by atoms with Crippen LogP contribution < -0.4 is 12.4 Å². The molecule has 0 saturated heterocycles. The maximum Gasteiger partial charge on any atom is 0.0916 e. The van der Waals surface area contributed by atoms with Gasteiger partial charge < -0.3 is 25.9 Å². The van der Waals surface area contributed by atoms with Crippen LogP contribution >= 0.6 is 0 Å². The zero-order valence-corrected chi connectivity index (χ0v) is 13.5. The van der Waals surface area contributed by atoms with Gasteiger partial charge in [0, 0.05) is 6.26 Å². The second kappa shape index (κ2) is 9.18. The average molecular weight is 279 g/mol. The highest BCUT2D eigenvalue weighted by Crippen LogP contribution is 1.74. The lowest BCUT2D eigenvalue weighted by molar-refractivity contribution is -0.849. The summed E-state index contributed by atoms with van der Waals surface area (Å²) in [7, 11) is 13.1. The highest BCUT2D eigenvalue weighted by molar-refractivity contribution is 7.84. The number of hydrogen-bond donors (Lipinski definition) is 0. The summed E-state index contributed by atoms with van der Waals surface area (Å²) in [5.74, 6) is 0. The largest absolute Gasteiger partial charge is 1.00 e. The molecule has 0 aliphatic heterocycles. The Morgan fingerprint density at radius 2 is 0.750 bits per heavy atom. The van der Waals surface area contributed by atoms with Crippen molar-refractivity contribution in [2.75, 3.05) is 62.6 Å². The van der Waals surface area contributed by atoms with Gasteiger partial charge in [0.15, 0.2) is 0 Å². The van der Waals surface area contributed by atoms with Crippen LogP contribution in [0.4, 0.5) is 0 Å². The van der Waals surface area contributed by atoms with Gasteiger partial charge in [-0.3, -0.25) is 0 Å². The van der Waals surface area contributed by atoms with Crippen molar-refractivity contribution in [3.8, 4) is 0 Å². The number of halogens is 1. The zero-order valence-electron chi connectivity index (χ0n) is 11.9. The van der Waals surface area contributed by atoms with E-state index in [1.807, 2.05) is 0 Å². The molecular weight excluding hydrogens is 252 g/mol. The van der Waals surface area contributed by atoms with Crippen LogP contribution in [0.25, 0.3) is 0 Å². The van der Waals surface area contributed by atoms with Crippen molar-refractivity contribution in [1.82, 2.24) is 0 Å². The van der Waals surface area contributed by atoms with E-state index in [1.165, 1.54) is 0 Å². The molecule has 0 atom stereocenters. The van der Waals surface area contributed by atoms with Gasteiger partial charge in [-0.15, -0.1) is 0 Å². The second-order valence-electron chi connectivity index (χ2n) is 6.07. The van der Waals surface area contributed by atoms with E-state index in [4.69, 9.17) is 13.0 Å². The fourth-order valence-corrected chi connectivity index (χ4v) is 0. The van der Waals surface area contributed by atoms with E-state index in [0.29, 0.717) is 6.26 Å². The molecule has 0 aliphatic carbocycles. The first-order valence-electron chi connectivity index (χ1n) is 4.49. The zero-order chi connectivity index (χ0) is 13.5. The van der Waals surface area contributed by atoms with Gasteiger partial charge in [0.2, 0.25) is 0 Å². The van der Waals surface area contributed by atoms with Crippen LogP contribution in [0.15, 0.2) is 0 Å². The van der Waals surface area contributed by atoms with Crippen LogP contribution in [-0.4, -0.2) is 84.6 Å². The lowest BCUT2D eigenvalue weighted by Crippen LogP contribution is -3.00. The maximum atomic E-state index is 9.08. The Morgan fingerprint density at radius 1 is 0.750 bits per heavy atom. The van der Waals surface area contributed by atoms with Crippen LogP contribution in [0.1, 0.15) is 0 Å². The Bertz CT molecular complexity index is 208. The topological polar surface area (TPSA) is 57.2 Å². The molecule has 0 rings (SSSR count). The Hall–Kier alpha value is 0.120. The number of nitrogens with zero attached hydrogens (tertiary/aromatic N) is 2. The van der Waals surface area contributed by atoms with E-state index in [-0.39, 0.29) is 12.4 Å². The minimum absolute atomic E-state index is 0. The van der Waals surface area contributed by atoms with Crippen LogP contribution in [0, 0.1) is 0 Å². The molecule has 0 N–H and O–H groups in total. The van der Waals surface area contributed by atoms with Gasteiger partial charge in [-0.05, 0) is 0 Å². The third kappa shape index (κ3) is 169000. The van der Waals surface area contributed by atoms with Gasteiger partial charge in [-0.2, -0.15) is 0 Å². The highest BCUT2D eigenvalue weighted by atomic mass is 35.5. The van der Waals surface area contributed by atoms with Crippen LogP contribution in [0.5, 0.6) is 0 Å². The molecule has 7 heteroatoms. The third-order valence-corrected chi connectivity index (χ3v) is 0. The first kappa shape index (κ1) is 25.1. The molecule has 0 aromatic carbocycles. The molecule has 0 bridgehead atoms. The van der Waals surface area contributed by atoms with Crippen molar-refractivity contribution < 1.29 is 34.3 Å². The molecule has 0 aliphatic rings. The molecule has 0 aromatic rings. The lowest BCUT2D eigenvalue weighted by atomic mass is 10.8. The first-order valence-corrected chi connectivity index (χ1v) is 6.30. The van der Waals surface area contributed by atoms with E-state index in [1.54, 1.807) is 0 Å². The van der Waals surface area contributed by atoms with Crippen LogP contribution in [0.2, 0.25) is 0 Å². The monoisotopic (exact) mass is 278 g/mol. The molecule has 16 heavy (non-hydrogen) atoms. The Morgan fingerprint density at radius 3 is 0.750 bits per heavy atom. The fourth-order valence-electron chi connectivity index (χ4n) is 0. The Labute approximate surface area is 107 Å². The standard InChI is InChI=1S/2C4H12N.CH4O3S.ClH/c3*1-5(2,3)4;/h2*1-4H3;1H3,(H,2,3,4);1H/q2*+1;;/p-2. The van der Waals surface area contributed by atoms with Gasteiger partial charge in [-0.25, -0.2) is 8.42 Å². The van der Waals surface area contributed by atoms with Crippen molar-refractivity contribution in [3.05, 3.63) is 0 Å². The molecule has 0 fully saturated rings. The van der Waals surface area contributed by atoms with Gasteiger partial charge in [-0.1, -0.05) is 0 Å². The van der Waals surface area contributed by atoms with E-state index < -0.39 is 10.1 Å². The smallest absolute Gasteiger partial charge is 0.0916 e. The number of hydrogen-bond acceptors (Lipinski definition) is 3. The molecule has 0 radical (unpaired) electrons. The highest BCUT2D eigenvalue weighted by Gasteiger charge is 1.88. The van der Waals surface area contributed by atoms with Crippen molar-refractivity contribution in [2.45, 2.75) is 0 Å². The van der Waals surface area contributed by atoms with Crippen LogP contribution in [0.3, 0.4) is 0 Å². The summed E-state index contributed by atoms with van der Waals surface area (Å²) in [5.41, 5.74) is 0. The third-order valence-electron chi connectivity index (χ3n) is 0. The van der Waals surface area contributed by atoms with E-state index >= 15 is 0 Å². The molecule has 0 aromatic heterocycles. The van der Waals surface area contributed by atoms with Gasteiger partial charge in [0.25, 0.3) is 0 Å². The molecule has 0 amide bonds. The summed E-state index contributed by atoms with van der Waals surface area (Å²) in [4.78, 5) is 0.